The highest BCUT2D eigenvalue weighted by molar-refractivity contribution is 7.80. The van der Waals surface area contributed by atoms with Gasteiger partial charge >= 0.3 is 0 Å². The van der Waals surface area contributed by atoms with Crippen LogP contribution in [0.25, 0.3) is 0 Å². The van der Waals surface area contributed by atoms with E-state index in [-0.39, 0.29) is 0 Å². The number of aryl methyl sites for hydroxylation is 2. The van der Waals surface area contributed by atoms with E-state index in [0.717, 1.165) is 45.1 Å². The second kappa shape index (κ2) is 8.17. The normalized spacial score (nSPS) is 15.5. The van der Waals surface area contributed by atoms with E-state index in [9.17, 15) is 0 Å². The quantitative estimate of drug-likeness (QED) is 0.565. The van der Waals surface area contributed by atoms with E-state index in [2.05, 4.69) is 47.0 Å². The number of rotatable bonds is 5. The molecule has 1 aromatic rings. The van der Waals surface area contributed by atoms with Crippen LogP contribution in [-0.2, 0) is 4.74 Å². The number of benzene rings is 1. The molecule has 21 heavy (non-hydrogen) atoms. The molecule has 3 N–H and O–H groups in total. The molecule has 1 aliphatic rings. The average molecular weight is 308 g/mol. The van der Waals surface area contributed by atoms with Crippen molar-refractivity contribution in [2.75, 3.05) is 44.8 Å². The van der Waals surface area contributed by atoms with Crippen molar-refractivity contribution in [2.45, 2.75) is 13.8 Å². The fourth-order valence-corrected chi connectivity index (χ4v) is 2.43. The molecule has 6 heteroatoms. The van der Waals surface area contributed by atoms with Crippen molar-refractivity contribution in [1.82, 2.24) is 15.6 Å². The number of morpholine rings is 1. The molecule has 0 unspecified atom stereocenters. The molecule has 1 saturated heterocycles. The Bertz CT molecular complexity index is 475. The summed E-state index contributed by atoms with van der Waals surface area (Å²) in [7, 11) is 0. The van der Waals surface area contributed by atoms with Crippen molar-refractivity contribution < 1.29 is 4.74 Å². The Hall–Kier alpha value is -1.37. The molecular formula is C15H24N4OS. The van der Waals surface area contributed by atoms with Gasteiger partial charge in [0.15, 0.2) is 5.11 Å². The Morgan fingerprint density at radius 2 is 2.05 bits per heavy atom. The molecule has 0 aromatic heterocycles. The Morgan fingerprint density at radius 3 is 2.76 bits per heavy atom. The van der Waals surface area contributed by atoms with Crippen LogP contribution >= 0.6 is 12.2 Å². The van der Waals surface area contributed by atoms with Crippen molar-refractivity contribution in [3.63, 3.8) is 0 Å². The van der Waals surface area contributed by atoms with Crippen molar-refractivity contribution in [3.05, 3.63) is 29.3 Å². The fraction of sp³-hybridized carbons (Fsp3) is 0.533. The number of thiocarbonyl (C=S) groups is 1. The minimum Gasteiger partial charge on any atom is -0.379 e. The van der Waals surface area contributed by atoms with Crippen LogP contribution in [0.4, 0.5) is 5.69 Å². The second-order valence-electron chi connectivity index (χ2n) is 5.28. The highest BCUT2D eigenvalue weighted by Crippen LogP contribution is 2.14. The van der Waals surface area contributed by atoms with E-state index in [1.165, 1.54) is 11.1 Å². The largest absolute Gasteiger partial charge is 0.379 e. The number of hydrogen-bond acceptors (Lipinski definition) is 4. The van der Waals surface area contributed by atoms with Crippen LogP contribution in [-0.4, -0.2) is 49.4 Å². The summed E-state index contributed by atoms with van der Waals surface area (Å²) in [5.41, 5.74) is 9.65. The zero-order valence-electron chi connectivity index (χ0n) is 12.7. The summed E-state index contributed by atoms with van der Waals surface area (Å²) in [5, 5.41) is 3.82. The predicted molar refractivity (Wildman–Crippen MR) is 90.5 cm³/mol. The molecule has 0 atom stereocenters. The molecule has 0 amide bonds. The summed E-state index contributed by atoms with van der Waals surface area (Å²) in [6.45, 7) is 9.64. The molecular weight excluding hydrogens is 284 g/mol. The van der Waals surface area contributed by atoms with Gasteiger partial charge in [-0.25, -0.2) is 0 Å². The molecule has 0 bridgehead atoms. The molecule has 0 aliphatic carbocycles. The first kappa shape index (κ1) is 16.0. The van der Waals surface area contributed by atoms with Gasteiger partial charge in [0.1, 0.15) is 0 Å². The Labute approximate surface area is 132 Å². The topological polar surface area (TPSA) is 48.6 Å². The minimum atomic E-state index is 0.614. The molecule has 1 aliphatic heterocycles. The zero-order chi connectivity index (χ0) is 15.1. The van der Waals surface area contributed by atoms with Gasteiger partial charge in [-0.3, -0.25) is 15.8 Å². The molecule has 1 heterocycles. The van der Waals surface area contributed by atoms with E-state index in [1.54, 1.807) is 0 Å². The first-order valence-corrected chi connectivity index (χ1v) is 7.73. The molecule has 0 radical (unpaired) electrons. The molecule has 116 valence electrons. The summed E-state index contributed by atoms with van der Waals surface area (Å²) < 4.78 is 5.32. The average Bonchev–Trinajstić information content (AvgIpc) is 2.47. The summed E-state index contributed by atoms with van der Waals surface area (Å²) in [5.74, 6) is 0. The predicted octanol–water partition coefficient (Wildman–Crippen LogP) is 1.43. The van der Waals surface area contributed by atoms with Gasteiger partial charge in [-0.2, -0.15) is 0 Å². The lowest BCUT2D eigenvalue weighted by molar-refractivity contribution is 0.0389. The maximum Gasteiger partial charge on any atom is 0.185 e. The Balaban J connectivity index is 1.65. The van der Waals surface area contributed by atoms with Crippen LogP contribution in [0.15, 0.2) is 18.2 Å². The van der Waals surface area contributed by atoms with Crippen LogP contribution in [0, 0.1) is 13.8 Å². The summed E-state index contributed by atoms with van der Waals surface area (Å²) in [6.07, 6.45) is 0. The van der Waals surface area contributed by atoms with Gasteiger partial charge in [-0.1, -0.05) is 17.7 Å². The highest BCUT2D eigenvalue weighted by atomic mass is 32.1. The van der Waals surface area contributed by atoms with Gasteiger partial charge in [-0.05, 0) is 37.7 Å². The maximum absolute atomic E-state index is 5.32. The van der Waals surface area contributed by atoms with Crippen LogP contribution in [0.5, 0.6) is 0 Å². The highest BCUT2D eigenvalue weighted by Gasteiger charge is 2.09. The zero-order valence-corrected chi connectivity index (χ0v) is 13.6. The number of nitrogens with one attached hydrogen (secondary N) is 3. The Kier molecular flexibility index (Phi) is 6.22. The number of hydrazine groups is 1. The lowest BCUT2D eigenvalue weighted by atomic mass is 10.1. The third kappa shape index (κ3) is 5.49. The van der Waals surface area contributed by atoms with Gasteiger partial charge in [-0.15, -0.1) is 0 Å². The Morgan fingerprint density at radius 1 is 1.29 bits per heavy atom. The molecule has 1 fully saturated rings. The van der Waals surface area contributed by atoms with Gasteiger partial charge in [0.05, 0.1) is 18.9 Å². The third-order valence-electron chi connectivity index (χ3n) is 3.51. The SMILES string of the molecule is Cc1ccc(NNC(=S)NCCN2CCOCC2)c(C)c1. The van der Waals surface area contributed by atoms with Crippen LogP contribution in [0.3, 0.4) is 0 Å². The summed E-state index contributed by atoms with van der Waals surface area (Å²) in [4.78, 5) is 2.37. The second-order valence-corrected chi connectivity index (χ2v) is 5.69. The van der Waals surface area contributed by atoms with Crippen molar-refractivity contribution in [1.29, 1.82) is 0 Å². The molecule has 1 aromatic carbocycles. The van der Waals surface area contributed by atoms with Crippen LogP contribution in [0.2, 0.25) is 0 Å². The number of anilines is 1. The van der Waals surface area contributed by atoms with Gasteiger partial charge < -0.3 is 10.1 Å². The standard InChI is InChI=1S/C15H24N4OS/c1-12-3-4-14(13(2)11-12)17-18-15(21)16-5-6-19-7-9-20-10-8-19/h3-4,11,17H,5-10H2,1-2H3,(H2,16,18,21). The number of nitrogens with zero attached hydrogens (tertiary/aromatic N) is 1. The fourth-order valence-electron chi connectivity index (χ4n) is 2.27. The van der Waals surface area contributed by atoms with Gasteiger partial charge in [0, 0.05) is 26.2 Å². The first-order valence-electron chi connectivity index (χ1n) is 7.32. The van der Waals surface area contributed by atoms with Crippen molar-refractivity contribution in [3.8, 4) is 0 Å². The number of ether oxygens (including phenoxy) is 1. The van der Waals surface area contributed by atoms with E-state index >= 15 is 0 Å². The van der Waals surface area contributed by atoms with E-state index < -0.39 is 0 Å². The monoisotopic (exact) mass is 308 g/mol. The van der Waals surface area contributed by atoms with Gasteiger partial charge in [0.2, 0.25) is 0 Å². The van der Waals surface area contributed by atoms with E-state index in [4.69, 9.17) is 17.0 Å². The lowest BCUT2D eigenvalue weighted by Crippen LogP contribution is -2.44. The third-order valence-corrected chi connectivity index (χ3v) is 3.76. The molecule has 0 saturated carbocycles. The molecule has 5 nitrogen and oxygen atoms in total. The van der Waals surface area contributed by atoms with Crippen LogP contribution in [0.1, 0.15) is 11.1 Å². The van der Waals surface area contributed by atoms with Gasteiger partial charge in [0.25, 0.3) is 0 Å². The van der Waals surface area contributed by atoms with E-state index in [0.29, 0.717) is 5.11 Å². The van der Waals surface area contributed by atoms with Crippen molar-refractivity contribution >= 4 is 23.0 Å². The maximum atomic E-state index is 5.32. The first-order chi connectivity index (χ1) is 10.1. The number of hydrogen-bond donors (Lipinski definition) is 3. The van der Waals surface area contributed by atoms with Crippen LogP contribution < -0.4 is 16.2 Å². The smallest absolute Gasteiger partial charge is 0.185 e. The van der Waals surface area contributed by atoms with Crippen molar-refractivity contribution in [2.24, 2.45) is 0 Å². The molecule has 2 rings (SSSR count). The molecule has 0 spiro atoms. The summed E-state index contributed by atoms with van der Waals surface area (Å²) in [6, 6.07) is 6.26. The van der Waals surface area contributed by atoms with E-state index in [1.807, 2.05) is 6.07 Å². The minimum absolute atomic E-state index is 0.614. The lowest BCUT2D eigenvalue weighted by Gasteiger charge is -2.26. The summed E-state index contributed by atoms with van der Waals surface area (Å²) >= 11 is 5.26.